The lowest BCUT2D eigenvalue weighted by molar-refractivity contribution is 0.729. The van der Waals surface area contributed by atoms with Crippen molar-refractivity contribution in [2.45, 2.75) is 25.4 Å². The van der Waals surface area contributed by atoms with Gasteiger partial charge in [-0.2, -0.15) is 4.52 Å². The maximum Gasteiger partial charge on any atom is 0.199 e. The maximum atomic E-state index is 5.75. The second-order valence-corrected chi connectivity index (χ2v) is 5.32. The molecule has 1 aromatic carbocycles. The van der Waals surface area contributed by atoms with E-state index in [-0.39, 0.29) is 0 Å². The van der Waals surface area contributed by atoms with Gasteiger partial charge in [-0.05, 0) is 41.0 Å². The summed E-state index contributed by atoms with van der Waals surface area (Å²) in [6, 6.07) is 8.49. The smallest absolute Gasteiger partial charge is 0.199 e. The first-order chi connectivity index (χ1) is 10.3. The van der Waals surface area contributed by atoms with Gasteiger partial charge in [0.2, 0.25) is 0 Å². The van der Waals surface area contributed by atoms with Gasteiger partial charge in [-0.25, -0.2) is 0 Å². The minimum atomic E-state index is 0.527. The van der Waals surface area contributed by atoms with Crippen LogP contribution in [0.1, 0.15) is 18.4 Å². The van der Waals surface area contributed by atoms with E-state index in [0.29, 0.717) is 11.7 Å². The fraction of sp³-hybridized carbons (Fsp3) is 0.286. The number of nitrogens with two attached hydrogens (primary N) is 1. The van der Waals surface area contributed by atoms with Gasteiger partial charge in [0, 0.05) is 18.3 Å². The van der Waals surface area contributed by atoms with Gasteiger partial charge >= 0.3 is 0 Å². The molecule has 2 heterocycles. The zero-order valence-corrected chi connectivity index (χ0v) is 11.4. The molecule has 0 bridgehead atoms. The molecule has 1 saturated carbocycles. The van der Waals surface area contributed by atoms with Crippen LogP contribution in [-0.4, -0.2) is 31.1 Å². The second-order valence-electron chi connectivity index (χ2n) is 5.32. The van der Waals surface area contributed by atoms with E-state index in [1.165, 1.54) is 18.4 Å². The van der Waals surface area contributed by atoms with Crippen molar-refractivity contribution in [1.29, 1.82) is 0 Å². The summed E-state index contributed by atoms with van der Waals surface area (Å²) in [6.07, 6.45) is 5.86. The number of aromatic nitrogens is 5. The normalized spacial score (nSPS) is 14.5. The Bertz CT molecular complexity index is 760. The summed E-state index contributed by atoms with van der Waals surface area (Å²) in [5.74, 6) is 0.928. The zero-order valence-electron chi connectivity index (χ0n) is 11.4. The highest BCUT2D eigenvalue weighted by molar-refractivity contribution is 5.49. The van der Waals surface area contributed by atoms with Gasteiger partial charge in [0.1, 0.15) is 0 Å². The quantitative estimate of drug-likeness (QED) is 0.725. The second kappa shape index (κ2) is 4.69. The molecule has 3 aromatic rings. The molecular formula is C14H15N7. The van der Waals surface area contributed by atoms with Crippen LogP contribution >= 0.6 is 0 Å². The minimum absolute atomic E-state index is 0.527. The first-order valence-electron chi connectivity index (χ1n) is 6.94. The highest BCUT2D eigenvalue weighted by Crippen LogP contribution is 2.32. The van der Waals surface area contributed by atoms with Crippen LogP contribution < -0.4 is 10.6 Å². The van der Waals surface area contributed by atoms with E-state index in [1.807, 2.05) is 18.3 Å². The average Bonchev–Trinajstić information content (AvgIpc) is 3.23. The van der Waals surface area contributed by atoms with Crippen LogP contribution in [0.5, 0.6) is 0 Å². The first-order valence-corrected chi connectivity index (χ1v) is 6.94. The van der Waals surface area contributed by atoms with Crippen molar-refractivity contribution in [2.24, 2.45) is 0 Å². The maximum absolute atomic E-state index is 5.75. The molecule has 0 radical (unpaired) electrons. The Morgan fingerprint density at radius 1 is 1.19 bits per heavy atom. The molecule has 0 aliphatic heterocycles. The topological polar surface area (TPSA) is 85.2 Å². The number of anilines is 2. The molecule has 21 heavy (non-hydrogen) atoms. The van der Waals surface area contributed by atoms with Crippen LogP contribution in [0.4, 0.5) is 11.5 Å². The number of tetrazole rings is 1. The Morgan fingerprint density at radius 2 is 2.00 bits per heavy atom. The van der Waals surface area contributed by atoms with Gasteiger partial charge in [-0.1, -0.05) is 12.1 Å². The lowest BCUT2D eigenvalue weighted by atomic mass is 10.2. The lowest BCUT2D eigenvalue weighted by Crippen LogP contribution is -2.27. The third kappa shape index (κ3) is 2.26. The number of rotatable bonds is 4. The van der Waals surface area contributed by atoms with E-state index in [1.54, 1.807) is 10.7 Å². The Hall–Kier alpha value is -2.70. The SMILES string of the molecule is Nc1ccc(CN(c2cncc3nnnn23)C2CC2)cc1. The fourth-order valence-corrected chi connectivity index (χ4v) is 2.46. The molecule has 0 spiro atoms. The first kappa shape index (κ1) is 12.1. The number of fused-ring (bicyclic) bond motifs is 1. The number of nitrogen functional groups attached to an aromatic ring is 1. The average molecular weight is 281 g/mol. The van der Waals surface area contributed by atoms with Gasteiger partial charge in [-0.15, -0.1) is 5.10 Å². The third-order valence-electron chi connectivity index (χ3n) is 3.71. The van der Waals surface area contributed by atoms with Gasteiger partial charge in [0.25, 0.3) is 0 Å². The number of nitrogens with zero attached hydrogens (tertiary/aromatic N) is 6. The van der Waals surface area contributed by atoms with Gasteiger partial charge < -0.3 is 10.6 Å². The van der Waals surface area contributed by atoms with Crippen molar-refractivity contribution >= 4 is 17.2 Å². The standard InChI is InChI=1S/C14H15N7/c15-11-3-1-10(2-4-11)9-20(12-5-6-12)14-8-16-7-13-17-18-19-21(13)14/h1-4,7-8,12H,5-6,9,15H2. The molecular weight excluding hydrogens is 266 g/mol. The van der Waals surface area contributed by atoms with E-state index < -0.39 is 0 Å². The van der Waals surface area contributed by atoms with Crippen LogP contribution in [0.3, 0.4) is 0 Å². The largest absolute Gasteiger partial charge is 0.399 e. The Kier molecular flexibility index (Phi) is 2.70. The van der Waals surface area contributed by atoms with Crippen molar-refractivity contribution in [1.82, 2.24) is 25.0 Å². The molecule has 7 heteroatoms. The monoisotopic (exact) mass is 281 g/mol. The predicted octanol–water partition coefficient (Wildman–Crippen LogP) is 1.27. The summed E-state index contributed by atoms with van der Waals surface area (Å²) in [4.78, 5) is 6.55. The zero-order chi connectivity index (χ0) is 14.2. The Balaban J connectivity index is 1.71. The third-order valence-corrected chi connectivity index (χ3v) is 3.71. The molecule has 0 saturated heterocycles. The van der Waals surface area contributed by atoms with E-state index >= 15 is 0 Å². The summed E-state index contributed by atoms with van der Waals surface area (Å²) >= 11 is 0. The van der Waals surface area contributed by atoms with Crippen molar-refractivity contribution < 1.29 is 0 Å². The summed E-state index contributed by atoms with van der Waals surface area (Å²) in [6.45, 7) is 0.797. The van der Waals surface area contributed by atoms with Crippen LogP contribution in [-0.2, 0) is 6.54 Å². The molecule has 2 N–H and O–H groups in total. The van der Waals surface area contributed by atoms with Crippen molar-refractivity contribution in [3.63, 3.8) is 0 Å². The summed E-state index contributed by atoms with van der Waals surface area (Å²) in [5, 5.41) is 11.7. The van der Waals surface area contributed by atoms with Crippen molar-refractivity contribution in [3.8, 4) is 0 Å². The Morgan fingerprint density at radius 3 is 2.76 bits per heavy atom. The molecule has 0 atom stereocenters. The predicted molar refractivity (Wildman–Crippen MR) is 78.6 cm³/mol. The molecule has 2 aromatic heterocycles. The summed E-state index contributed by atoms with van der Waals surface area (Å²) in [5.41, 5.74) is 8.40. The minimum Gasteiger partial charge on any atom is -0.399 e. The Labute approximate surface area is 121 Å². The number of hydrogen-bond donors (Lipinski definition) is 1. The number of benzene rings is 1. The summed E-state index contributed by atoms with van der Waals surface area (Å²) < 4.78 is 1.74. The van der Waals surface area contributed by atoms with Crippen LogP contribution in [0.25, 0.3) is 5.65 Å². The van der Waals surface area contributed by atoms with E-state index in [9.17, 15) is 0 Å². The van der Waals surface area contributed by atoms with E-state index in [0.717, 1.165) is 18.1 Å². The van der Waals surface area contributed by atoms with Crippen LogP contribution in [0.15, 0.2) is 36.7 Å². The van der Waals surface area contributed by atoms with Crippen LogP contribution in [0, 0.1) is 0 Å². The lowest BCUT2D eigenvalue weighted by Gasteiger charge is -2.24. The van der Waals surface area contributed by atoms with Crippen molar-refractivity contribution in [3.05, 3.63) is 42.2 Å². The van der Waals surface area contributed by atoms with Crippen LogP contribution in [0.2, 0.25) is 0 Å². The molecule has 106 valence electrons. The molecule has 1 fully saturated rings. The van der Waals surface area contributed by atoms with Gasteiger partial charge in [0.05, 0.1) is 12.4 Å². The van der Waals surface area contributed by atoms with E-state index in [4.69, 9.17) is 5.73 Å². The van der Waals surface area contributed by atoms with Gasteiger partial charge in [-0.3, -0.25) is 4.98 Å². The van der Waals surface area contributed by atoms with Gasteiger partial charge in [0.15, 0.2) is 11.5 Å². The summed E-state index contributed by atoms with van der Waals surface area (Å²) in [7, 11) is 0. The number of hydrogen-bond acceptors (Lipinski definition) is 6. The highest BCUT2D eigenvalue weighted by atomic mass is 15.5. The van der Waals surface area contributed by atoms with E-state index in [2.05, 4.69) is 37.5 Å². The molecule has 0 unspecified atom stereocenters. The molecule has 7 nitrogen and oxygen atoms in total. The fourth-order valence-electron chi connectivity index (χ4n) is 2.46. The molecule has 0 amide bonds. The molecule has 1 aliphatic carbocycles. The van der Waals surface area contributed by atoms with Crippen molar-refractivity contribution in [2.75, 3.05) is 10.6 Å². The highest BCUT2D eigenvalue weighted by Gasteiger charge is 2.31. The molecule has 1 aliphatic rings. The molecule has 4 rings (SSSR count).